The highest BCUT2D eigenvalue weighted by molar-refractivity contribution is 6.22. The summed E-state index contributed by atoms with van der Waals surface area (Å²) in [6.45, 7) is 10.4. The van der Waals surface area contributed by atoms with E-state index in [1.165, 1.54) is 19.9 Å². The van der Waals surface area contributed by atoms with Crippen LogP contribution in [0, 0.1) is 0 Å². The first kappa shape index (κ1) is 15.0. The van der Waals surface area contributed by atoms with Crippen molar-refractivity contribution in [1.82, 2.24) is 4.90 Å². The largest absolute Gasteiger partial charge is 0.431 e. The van der Waals surface area contributed by atoms with Crippen molar-refractivity contribution in [2.45, 2.75) is 19.6 Å². The molecular weight excluding hydrogens is 294 g/mol. The van der Waals surface area contributed by atoms with Crippen LogP contribution in [0.3, 0.4) is 0 Å². The average molecular weight is 309 g/mol. The molecule has 0 spiro atoms. The Morgan fingerprint density at radius 1 is 1.22 bits per heavy atom. The zero-order valence-electron chi connectivity index (χ0n) is 12.9. The molecule has 1 aromatic carbocycles. The lowest BCUT2D eigenvalue weighted by Gasteiger charge is -2.34. The maximum atomic E-state index is 12.4. The van der Waals surface area contributed by atoms with Gasteiger partial charge in [0, 0.05) is 24.1 Å². The van der Waals surface area contributed by atoms with Gasteiger partial charge in [0.15, 0.2) is 0 Å². The smallest absolute Gasteiger partial charge is 0.340 e. The molecule has 116 valence electrons. The highest BCUT2D eigenvalue weighted by Crippen LogP contribution is 2.45. The molecule has 0 saturated carbocycles. The Bertz CT molecular complexity index is 833. The Kier molecular flexibility index (Phi) is 3.11. The van der Waals surface area contributed by atoms with Gasteiger partial charge in [-0.3, -0.25) is 9.59 Å². The molecule has 0 radical (unpaired) electrons. The van der Waals surface area contributed by atoms with Crippen LogP contribution in [-0.2, 0) is 19.1 Å². The summed E-state index contributed by atoms with van der Waals surface area (Å²) in [5.41, 5.74) is 0.550. The molecule has 2 aliphatic rings. The van der Waals surface area contributed by atoms with E-state index >= 15 is 0 Å². The van der Waals surface area contributed by atoms with Crippen molar-refractivity contribution in [2.24, 2.45) is 0 Å². The van der Waals surface area contributed by atoms with E-state index in [4.69, 9.17) is 4.74 Å². The van der Waals surface area contributed by atoms with Crippen molar-refractivity contribution in [3.63, 3.8) is 0 Å². The maximum absolute atomic E-state index is 12.4. The number of carbonyl (C=O) groups is 3. The molecule has 5 nitrogen and oxygen atoms in total. The number of imide groups is 1. The minimum Gasteiger partial charge on any atom is -0.431 e. The standard InChI is InChI=1S/C18H15NO4/c1-10(2)16(21)19-15(20)9-14-13-8-6-5-7-12(13)11(3)17(22)23-18(14,19)4/h5-9H,1,3H2,2,4H3. The molecule has 0 N–H and O–H groups in total. The Labute approximate surface area is 133 Å². The van der Waals surface area contributed by atoms with Gasteiger partial charge < -0.3 is 4.74 Å². The van der Waals surface area contributed by atoms with E-state index in [-0.39, 0.29) is 11.1 Å². The van der Waals surface area contributed by atoms with E-state index in [1.807, 2.05) is 0 Å². The summed E-state index contributed by atoms with van der Waals surface area (Å²) in [4.78, 5) is 38.0. The fraction of sp³-hybridized carbons (Fsp3) is 0.167. The van der Waals surface area contributed by atoms with E-state index in [2.05, 4.69) is 13.2 Å². The fourth-order valence-corrected chi connectivity index (χ4v) is 2.90. The topological polar surface area (TPSA) is 63.7 Å². The Morgan fingerprint density at radius 2 is 1.83 bits per heavy atom. The monoisotopic (exact) mass is 309 g/mol. The third-order valence-electron chi connectivity index (χ3n) is 4.06. The van der Waals surface area contributed by atoms with E-state index in [9.17, 15) is 14.4 Å². The second-order valence-electron chi connectivity index (χ2n) is 5.71. The number of fused-ring (bicyclic) bond motifs is 3. The minimum atomic E-state index is -1.51. The lowest BCUT2D eigenvalue weighted by atomic mass is 9.92. The van der Waals surface area contributed by atoms with Crippen LogP contribution in [0.15, 0.2) is 49.1 Å². The molecule has 1 aromatic rings. The van der Waals surface area contributed by atoms with Gasteiger partial charge in [-0.05, 0) is 18.1 Å². The number of esters is 1. The van der Waals surface area contributed by atoms with Crippen molar-refractivity contribution in [3.05, 3.63) is 60.2 Å². The number of rotatable bonds is 1. The van der Waals surface area contributed by atoms with Crippen LogP contribution in [-0.4, -0.2) is 28.4 Å². The Balaban J connectivity index is 2.26. The molecule has 2 amide bonds. The van der Waals surface area contributed by atoms with Crippen LogP contribution >= 0.6 is 0 Å². The quantitative estimate of drug-likeness (QED) is 0.590. The molecule has 23 heavy (non-hydrogen) atoms. The summed E-state index contributed by atoms with van der Waals surface area (Å²) in [7, 11) is 0. The van der Waals surface area contributed by atoms with Crippen LogP contribution < -0.4 is 0 Å². The first-order valence-electron chi connectivity index (χ1n) is 7.05. The summed E-state index contributed by atoms with van der Waals surface area (Å²) < 4.78 is 5.51. The maximum Gasteiger partial charge on any atom is 0.340 e. The van der Waals surface area contributed by atoms with Gasteiger partial charge in [-0.15, -0.1) is 0 Å². The van der Waals surface area contributed by atoms with Crippen LogP contribution in [0.1, 0.15) is 25.0 Å². The lowest BCUT2D eigenvalue weighted by Crippen LogP contribution is -2.51. The second-order valence-corrected chi connectivity index (χ2v) is 5.71. The molecule has 3 rings (SSSR count). The predicted molar refractivity (Wildman–Crippen MR) is 84.6 cm³/mol. The van der Waals surface area contributed by atoms with Crippen LogP contribution in [0.2, 0.25) is 0 Å². The van der Waals surface area contributed by atoms with Crippen molar-refractivity contribution < 1.29 is 19.1 Å². The van der Waals surface area contributed by atoms with Gasteiger partial charge >= 0.3 is 5.97 Å². The zero-order valence-corrected chi connectivity index (χ0v) is 12.9. The highest BCUT2D eigenvalue weighted by Gasteiger charge is 2.53. The number of hydrogen-bond acceptors (Lipinski definition) is 4. The van der Waals surface area contributed by atoms with Gasteiger partial charge in [0.25, 0.3) is 11.8 Å². The summed E-state index contributed by atoms with van der Waals surface area (Å²) in [6, 6.07) is 7.07. The minimum absolute atomic E-state index is 0.182. The average Bonchev–Trinajstić information content (AvgIpc) is 2.72. The van der Waals surface area contributed by atoms with Gasteiger partial charge in [-0.1, -0.05) is 37.4 Å². The van der Waals surface area contributed by atoms with Crippen LogP contribution in [0.4, 0.5) is 0 Å². The fourth-order valence-electron chi connectivity index (χ4n) is 2.90. The molecular formula is C18H15NO4. The third-order valence-corrected chi connectivity index (χ3v) is 4.06. The molecule has 1 unspecified atom stereocenters. The first-order chi connectivity index (χ1) is 10.8. The van der Waals surface area contributed by atoms with E-state index < -0.39 is 23.5 Å². The molecule has 0 bridgehead atoms. The number of carbonyl (C=O) groups excluding carboxylic acids is 3. The molecule has 2 aliphatic heterocycles. The number of hydrogen-bond donors (Lipinski definition) is 0. The molecule has 5 heteroatoms. The summed E-state index contributed by atoms with van der Waals surface area (Å²) in [6.07, 6.45) is 1.32. The second kappa shape index (κ2) is 4.78. The molecule has 0 fully saturated rings. The number of ether oxygens (including phenoxy) is 1. The SMILES string of the molecule is C=C(C)C(=O)N1C(=O)C=C2c3ccccc3C(=C)C(=O)OC21C. The molecule has 0 aromatic heterocycles. The van der Waals surface area contributed by atoms with Gasteiger partial charge in [0.2, 0.25) is 5.72 Å². The molecule has 1 atom stereocenters. The van der Waals surface area contributed by atoms with E-state index in [0.29, 0.717) is 16.7 Å². The predicted octanol–water partition coefficient (Wildman–Crippen LogP) is 2.30. The lowest BCUT2D eigenvalue weighted by molar-refractivity contribution is -0.169. The summed E-state index contributed by atoms with van der Waals surface area (Å²) in [5, 5.41) is 0. The van der Waals surface area contributed by atoms with Crippen molar-refractivity contribution in [2.75, 3.05) is 0 Å². The summed E-state index contributed by atoms with van der Waals surface area (Å²) in [5.74, 6) is -1.79. The van der Waals surface area contributed by atoms with Crippen molar-refractivity contribution >= 4 is 28.9 Å². The highest BCUT2D eigenvalue weighted by atomic mass is 16.6. The van der Waals surface area contributed by atoms with E-state index in [1.54, 1.807) is 24.3 Å². The van der Waals surface area contributed by atoms with Crippen LogP contribution in [0.5, 0.6) is 0 Å². The number of benzene rings is 1. The molecule has 0 aliphatic carbocycles. The van der Waals surface area contributed by atoms with Gasteiger partial charge in [0.1, 0.15) is 0 Å². The number of amides is 2. The zero-order chi connectivity index (χ0) is 16.9. The molecule has 0 saturated heterocycles. The van der Waals surface area contributed by atoms with Gasteiger partial charge in [0.05, 0.1) is 5.57 Å². The first-order valence-corrected chi connectivity index (χ1v) is 7.05. The molecule has 2 heterocycles. The summed E-state index contributed by atoms with van der Waals surface area (Å²) >= 11 is 0. The van der Waals surface area contributed by atoms with Crippen molar-refractivity contribution in [3.8, 4) is 0 Å². The van der Waals surface area contributed by atoms with E-state index in [0.717, 1.165) is 4.90 Å². The van der Waals surface area contributed by atoms with Crippen LogP contribution in [0.25, 0.3) is 11.1 Å². The van der Waals surface area contributed by atoms with Gasteiger partial charge in [-0.2, -0.15) is 0 Å². The number of nitrogens with zero attached hydrogens (tertiary/aromatic N) is 1. The Morgan fingerprint density at radius 3 is 2.43 bits per heavy atom. The van der Waals surface area contributed by atoms with Crippen molar-refractivity contribution in [1.29, 1.82) is 0 Å². The normalized spacial score (nSPS) is 22.8. The third kappa shape index (κ3) is 1.97. The van der Waals surface area contributed by atoms with Gasteiger partial charge in [-0.25, -0.2) is 9.69 Å². The Hall–Kier alpha value is -2.95.